The molecule has 0 radical (unpaired) electrons. The van der Waals surface area contributed by atoms with Gasteiger partial charge in [-0.15, -0.1) is 0 Å². The lowest BCUT2D eigenvalue weighted by molar-refractivity contribution is 0.214. The van der Waals surface area contributed by atoms with Crippen molar-refractivity contribution < 1.29 is 13.5 Å². The van der Waals surface area contributed by atoms with E-state index in [-0.39, 0.29) is 23.0 Å². The molecular formula is C13H21NO3S. The first-order valence-corrected chi connectivity index (χ1v) is 7.44. The summed E-state index contributed by atoms with van der Waals surface area (Å²) in [4.78, 5) is 0.247. The standard InChI is InChI=1S/C13H21NO3S/c1-13(2,3)12(9-10-15)14-18(16,17)11-7-5-4-6-8-11/h4-8,12,14-15H,9-10H2,1-3H3. The Labute approximate surface area is 109 Å². The number of aliphatic hydroxyl groups excluding tert-OH is 1. The van der Waals surface area contributed by atoms with Gasteiger partial charge in [-0.3, -0.25) is 0 Å². The van der Waals surface area contributed by atoms with Gasteiger partial charge in [-0.2, -0.15) is 0 Å². The molecule has 0 saturated heterocycles. The molecular weight excluding hydrogens is 250 g/mol. The van der Waals surface area contributed by atoms with Crippen molar-refractivity contribution in [1.29, 1.82) is 0 Å². The monoisotopic (exact) mass is 271 g/mol. The maximum absolute atomic E-state index is 12.2. The predicted octanol–water partition coefficient (Wildman–Crippen LogP) is 1.76. The van der Waals surface area contributed by atoms with Crippen LogP contribution < -0.4 is 4.72 Å². The third-order valence-electron chi connectivity index (χ3n) is 2.81. The number of nitrogens with one attached hydrogen (secondary N) is 1. The Morgan fingerprint density at radius 3 is 2.22 bits per heavy atom. The minimum Gasteiger partial charge on any atom is -0.396 e. The molecule has 0 spiro atoms. The molecule has 18 heavy (non-hydrogen) atoms. The molecule has 4 nitrogen and oxygen atoms in total. The van der Waals surface area contributed by atoms with Gasteiger partial charge >= 0.3 is 0 Å². The Hall–Kier alpha value is -0.910. The highest BCUT2D eigenvalue weighted by Crippen LogP contribution is 2.23. The number of hydrogen-bond donors (Lipinski definition) is 2. The van der Waals surface area contributed by atoms with E-state index in [1.54, 1.807) is 30.3 Å². The van der Waals surface area contributed by atoms with Crippen LogP contribution in [0.25, 0.3) is 0 Å². The van der Waals surface area contributed by atoms with E-state index in [2.05, 4.69) is 4.72 Å². The van der Waals surface area contributed by atoms with Crippen LogP contribution in [0.5, 0.6) is 0 Å². The number of rotatable bonds is 5. The van der Waals surface area contributed by atoms with Crippen LogP contribution in [-0.4, -0.2) is 26.2 Å². The molecule has 1 unspecified atom stereocenters. The molecule has 0 heterocycles. The summed E-state index contributed by atoms with van der Waals surface area (Å²) in [5.74, 6) is 0. The highest BCUT2D eigenvalue weighted by atomic mass is 32.2. The Balaban J connectivity index is 2.94. The molecule has 1 aromatic rings. The Morgan fingerprint density at radius 1 is 1.22 bits per heavy atom. The highest BCUT2D eigenvalue weighted by molar-refractivity contribution is 7.89. The third-order valence-corrected chi connectivity index (χ3v) is 4.30. The lowest BCUT2D eigenvalue weighted by atomic mass is 9.86. The lowest BCUT2D eigenvalue weighted by Crippen LogP contribution is -2.44. The van der Waals surface area contributed by atoms with Crippen LogP contribution in [0.15, 0.2) is 35.2 Å². The number of sulfonamides is 1. The van der Waals surface area contributed by atoms with Crippen molar-refractivity contribution in [2.45, 2.75) is 38.1 Å². The summed E-state index contributed by atoms with van der Waals surface area (Å²) in [5, 5.41) is 9.03. The van der Waals surface area contributed by atoms with Crippen LogP contribution in [-0.2, 0) is 10.0 Å². The van der Waals surface area contributed by atoms with Crippen molar-refractivity contribution in [2.24, 2.45) is 5.41 Å². The Morgan fingerprint density at radius 2 is 1.78 bits per heavy atom. The van der Waals surface area contributed by atoms with Gasteiger partial charge in [0.15, 0.2) is 0 Å². The largest absolute Gasteiger partial charge is 0.396 e. The molecule has 0 aliphatic heterocycles. The van der Waals surface area contributed by atoms with E-state index in [0.717, 1.165) is 0 Å². The minimum atomic E-state index is -3.53. The van der Waals surface area contributed by atoms with Crippen molar-refractivity contribution in [3.8, 4) is 0 Å². The fraction of sp³-hybridized carbons (Fsp3) is 0.538. The van der Waals surface area contributed by atoms with E-state index in [4.69, 9.17) is 5.11 Å². The van der Waals surface area contributed by atoms with Gasteiger partial charge in [0.1, 0.15) is 0 Å². The van der Waals surface area contributed by atoms with Crippen LogP contribution >= 0.6 is 0 Å². The van der Waals surface area contributed by atoms with E-state index in [9.17, 15) is 8.42 Å². The minimum absolute atomic E-state index is 0.0424. The second-order valence-electron chi connectivity index (χ2n) is 5.37. The molecule has 0 aliphatic rings. The average molecular weight is 271 g/mol. The Kier molecular flexibility index (Phi) is 4.90. The smallest absolute Gasteiger partial charge is 0.240 e. The van der Waals surface area contributed by atoms with Gasteiger partial charge in [-0.25, -0.2) is 13.1 Å². The zero-order valence-electron chi connectivity index (χ0n) is 11.1. The average Bonchev–Trinajstić information content (AvgIpc) is 2.28. The number of benzene rings is 1. The molecule has 0 fully saturated rings. The number of aliphatic hydroxyl groups is 1. The van der Waals surface area contributed by atoms with Crippen molar-refractivity contribution in [3.63, 3.8) is 0 Å². The summed E-state index contributed by atoms with van der Waals surface area (Å²) in [6.07, 6.45) is 0.398. The topological polar surface area (TPSA) is 66.4 Å². The normalized spacial score (nSPS) is 14.4. The Bertz CT molecular complexity index is 463. The molecule has 0 amide bonds. The SMILES string of the molecule is CC(C)(C)C(CCO)NS(=O)(=O)c1ccccc1. The van der Waals surface area contributed by atoms with Crippen LogP contribution in [0.4, 0.5) is 0 Å². The van der Waals surface area contributed by atoms with E-state index in [1.165, 1.54) is 0 Å². The maximum atomic E-state index is 12.2. The lowest BCUT2D eigenvalue weighted by Gasteiger charge is -2.30. The molecule has 1 atom stereocenters. The molecule has 0 bridgehead atoms. The van der Waals surface area contributed by atoms with Crippen LogP contribution in [0.1, 0.15) is 27.2 Å². The quantitative estimate of drug-likeness (QED) is 0.857. The zero-order chi connectivity index (χ0) is 13.8. The van der Waals surface area contributed by atoms with Gasteiger partial charge in [0.2, 0.25) is 10.0 Å². The highest BCUT2D eigenvalue weighted by Gasteiger charge is 2.28. The molecule has 102 valence electrons. The third kappa shape index (κ3) is 4.08. The second kappa shape index (κ2) is 5.82. The van der Waals surface area contributed by atoms with E-state index in [1.807, 2.05) is 20.8 Å². The maximum Gasteiger partial charge on any atom is 0.240 e. The van der Waals surface area contributed by atoms with Gasteiger partial charge in [0.05, 0.1) is 4.90 Å². The van der Waals surface area contributed by atoms with Gasteiger partial charge in [-0.1, -0.05) is 39.0 Å². The molecule has 0 aromatic heterocycles. The van der Waals surface area contributed by atoms with E-state index >= 15 is 0 Å². The van der Waals surface area contributed by atoms with Crippen LogP contribution in [0, 0.1) is 5.41 Å². The first-order chi connectivity index (χ1) is 8.27. The van der Waals surface area contributed by atoms with Crippen molar-refractivity contribution in [2.75, 3.05) is 6.61 Å². The molecule has 5 heteroatoms. The van der Waals surface area contributed by atoms with Crippen molar-refractivity contribution in [3.05, 3.63) is 30.3 Å². The zero-order valence-corrected chi connectivity index (χ0v) is 11.9. The van der Waals surface area contributed by atoms with Gasteiger partial charge < -0.3 is 5.11 Å². The molecule has 0 saturated carbocycles. The summed E-state index contributed by atoms with van der Waals surface area (Å²) < 4.78 is 27.0. The molecule has 0 aliphatic carbocycles. The summed E-state index contributed by atoms with van der Waals surface area (Å²) in [6, 6.07) is 7.96. The summed E-state index contributed by atoms with van der Waals surface area (Å²) in [6.45, 7) is 5.79. The summed E-state index contributed by atoms with van der Waals surface area (Å²) >= 11 is 0. The fourth-order valence-corrected chi connectivity index (χ4v) is 3.15. The van der Waals surface area contributed by atoms with Crippen LogP contribution in [0.2, 0.25) is 0 Å². The summed E-state index contributed by atoms with van der Waals surface area (Å²) in [7, 11) is -3.53. The number of hydrogen-bond acceptors (Lipinski definition) is 3. The first kappa shape index (κ1) is 15.1. The van der Waals surface area contributed by atoms with Crippen molar-refractivity contribution in [1.82, 2.24) is 4.72 Å². The fourth-order valence-electron chi connectivity index (χ4n) is 1.65. The predicted molar refractivity (Wildman–Crippen MR) is 71.7 cm³/mol. The first-order valence-electron chi connectivity index (χ1n) is 5.95. The summed E-state index contributed by atoms with van der Waals surface area (Å²) in [5.41, 5.74) is -0.245. The van der Waals surface area contributed by atoms with Gasteiger partial charge in [0.25, 0.3) is 0 Å². The van der Waals surface area contributed by atoms with Gasteiger partial charge in [0, 0.05) is 12.6 Å². The van der Waals surface area contributed by atoms with Crippen molar-refractivity contribution >= 4 is 10.0 Å². The molecule has 1 aromatic carbocycles. The second-order valence-corrected chi connectivity index (χ2v) is 7.08. The van der Waals surface area contributed by atoms with E-state index < -0.39 is 10.0 Å². The van der Waals surface area contributed by atoms with E-state index in [0.29, 0.717) is 6.42 Å². The van der Waals surface area contributed by atoms with Gasteiger partial charge in [-0.05, 0) is 24.0 Å². The van der Waals surface area contributed by atoms with Crippen LogP contribution in [0.3, 0.4) is 0 Å². The molecule has 1 rings (SSSR count). The molecule has 2 N–H and O–H groups in total.